The van der Waals surface area contributed by atoms with E-state index >= 15 is 0 Å². The fourth-order valence-corrected chi connectivity index (χ4v) is 2.45. The van der Waals surface area contributed by atoms with Gasteiger partial charge in [-0.25, -0.2) is 0 Å². The van der Waals surface area contributed by atoms with Crippen LogP contribution in [-0.4, -0.2) is 18.7 Å². The first-order valence-corrected chi connectivity index (χ1v) is 6.18. The summed E-state index contributed by atoms with van der Waals surface area (Å²) in [5.41, 5.74) is 1.08. The van der Waals surface area contributed by atoms with Gasteiger partial charge in [0.15, 0.2) is 0 Å². The van der Waals surface area contributed by atoms with Crippen molar-refractivity contribution >= 4 is 11.6 Å². The topological polar surface area (TPSA) is 21.3 Å². The zero-order valence-corrected chi connectivity index (χ0v) is 10.5. The van der Waals surface area contributed by atoms with Gasteiger partial charge in [-0.3, -0.25) is 0 Å². The van der Waals surface area contributed by atoms with E-state index in [0.29, 0.717) is 6.04 Å². The van der Waals surface area contributed by atoms with Crippen molar-refractivity contribution in [2.75, 3.05) is 6.54 Å². The van der Waals surface area contributed by atoms with Gasteiger partial charge < -0.3 is 10.1 Å². The highest BCUT2D eigenvalue weighted by atomic mass is 35.5. The van der Waals surface area contributed by atoms with Crippen molar-refractivity contribution in [2.24, 2.45) is 0 Å². The van der Waals surface area contributed by atoms with Crippen molar-refractivity contribution in [1.29, 1.82) is 0 Å². The molecule has 0 aliphatic carbocycles. The SMILES string of the molecule is CC1CC(C)OC(c2ccccc2Cl)CN1. The molecule has 1 aliphatic heterocycles. The molecule has 1 fully saturated rings. The van der Waals surface area contributed by atoms with Crippen LogP contribution in [0.15, 0.2) is 24.3 Å². The highest BCUT2D eigenvalue weighted by Gasteiger charge is 2.23. The predicted molar refractivity (Wildman–Crippen MR) is 66.8 cm³/mol. The van der Waals surface area contributed by atoms with E-state index in [-0.39, 0.29) is 12.2 Å². The minimum Gasteiger partial charge on any atom is -0.369 e. The van der Waals surface area contributed by atoms with Gasteiger partial charge in [-0.1, -0.05) is 29.8 Å². The van der Waals surface area contributed by atoms with Gasteiger partial charge in [0, 0.05) is 23.2 Å². The second-order valence-corrected chi connectivity index (χ2v) is 4.91. The molecular weight excluding hydrogens is 222 g/mol. The summed E-state index contributed by atoms with van der Waals surface area (Å²) >= 11 is 6.19. The molecule has 2 nitrogen and oxygen atoms in total. The lowest BCUT2D eigenvalue weighted by atomic mass is 10.1. The third kappa shape index (κ3) is 2.76. The molecule has 0 radical (unpaired) electrons. The first-order chi connectivity index (χ1) is 7.66. The van der Waals surface area contributed by atoms with Gasteiger partial charge in [0.25, 0.3) is 0 Å². The van der Waals surface area contributed by atoms with Gasteiger partial charge >= 0.3 is 0 Å². The van der Waals surface area contributed by atoms with Crippen molar-refractivity contribution in [3.05, 3.63) is 34.9 Å². The summed E-state index contributed by atoms with van der Waals surface area (Å²) in [6.07, 6.45) is 1.38. The molecule has 1 N–H and O–H groups in total. The summed E-state index contributed by atoms with van der Waals surface area (Å²) in [5, 5.41) is 4.26. The van der Waals surface area contributed by atoms with Gasteiger partial charge in [0.2, 0.25) is 0 Å². The van der Waals surface area contributed by atoms with Crippen molar-refractivity contribution in [1.82, 2.24) is 5.32 Å². The van der Waals surface area contributed by atoms with E-state index in [2.05, 4.69) is 19.2 Å². The molecule has 16 heavy (non-hydrogen) atoms. The Balaban J connectivity index is 2.17. The lowest BCUT2D eigenvalue weighted by Gasteiger charge is -2.19. The summed E-state index contributed by atoms with van der Waals surface area (Å²) in [5.74, 6) is 0. The number of hydrogen-bond donors (Lipinski definition) is 1. The monoisotopic (exact) mass is 239 g/mol. The lowest BCUT2D eigenvalue weighted by Crippen LogP contribution is -2.28. The summed E-state index contributed by atoms with van der Waals surface area (Å²) in [6.45, 7) is 5.14. The quantitative estimate of drug-likeness (QED) is 0.813. The summed E-state index contributed by atoms with van der Waals surface area (Å²) in [7, 11) is 0. The Hall–Kier alpha value is -0.570. The van der Waals surface area contributed by atoms with Crippen LogP contribution in [-0.2, 0) is 4.74 Å². The number of rotatable bonds is 1. The molecule has 3 unspecified atom stereocenters. The lowest BCUT2D eigenvalue weighted by molar-refractivity contribution is 0.00724. The second-order valence-electron chi connectivity index (χ2n) is 4.50. The zero-order chi connectivity index (χ0) is 11.5. The van der Waals surface area contributed by atoms with E-state index in [9.17, 15) is 0 Å². The molecule has 1 heterocycles. The molecule has 3 atom stereocenters. The Kier molecular flexibility index (Phi) is 3.85. The van der Waals surface area contributed by atoms with Crippen LogP contribution < -0.4 is 5.32 Å². The third-order valence-electron chi connectivity index (χ3n) is 2.99. The van der Waals surface area contributed by atoms with Gasteiger partial charge in [-0.05, 0) is 26.3 Å². The van der Waals surface area contributed by atoms with E-state index in [0.717, 1.165) is 23.6 Å². The van der Waals surface area contributed by atoms with Gasteiger partial charge in [0.1, 0.15) is 0 Å². The maximum Gasteiger partial charge on any atom is 0.0967 e. The predicted octanol–water partition coefficient (Wildman–Crippen LogP) is 3.17. The standard InChI is InChI=1S/C13H18ClNO/c1-9-7-10(2)16-13(8-15-9)11-5-3-4-6-12(11)14/h3-6,9-10,13,15H,7-8H2,1-2H3. The van der Waals surface area contributed by atoms with E-state index < -0.39 is 0 Å². The number of hydrogen-bond acceptors (Lipinski definition) is 2. The van der Waals surface area contributed by atoms with E-state index in [1.165, 1.54) is 0 Å². The summed E-state index contributed by atoms with van der Waals surface area (Å²) in [6, 6.07) is 8.41. The Morgan fingerprint density at radius 1 is 1.31 bits per heavy atom. The number of ether oxygens (including phenoxy) is 1. The largest absolute Gasteiger partial charge is 0.369 e. The van der Waals surface area contributed by atoms with E-state index in [1.54, 1.807) is 0 Å². The molecule has 3 heteroatoms. The van der Waals surface area contributed by atoms with Crippen molar-refractivity contribution in [3.8, 4) is 0 Å². The molecule has 1 aromatic rings. The van der Waals surface area contributed by atoms with Gasteiger partial charge in [0.05, 0.1) is 12.2 Å². The highest BCUT2D eigenvalue weighted by molar-refractivity contribution is 6.31. The highest BCUT2D eigenvalue weighted by Crippen LogP contribution is 2.28. The normalized spacial score (nSPS) is 31.1. The number of nitrogens with one attached hydrogen (secondary N) is 1. The van der Waals surface area contributed by atoms with Crippen LogP contribution in [0.2, 0.25) is 5.02 Å². The van der Waals surface area contributed by atoms with Crippen LogP contribution in [0.5, 0.6) is 0 Å². The van der Waals surface area contributed by atoms with Crippen LogP contribution in [0.1, 0.15) is 31.9 Å². The molecule has 0 aromatic heterocycles. The Morgan fingerprint density at radius 2 is 2.06 bits per heavy atom. The van der Waals surface area contributed by atoms with Crippen LogP contribution >= 0.6 is 11.6 Å². The Morgan fingerprint density at radius 3 is 2.81 bits per heavy atom. The van der Waals surface area contributed by atoms with Gasteiger partial charge in [-0.2, -0.15) is 0 Å². The van der Waals surface area contributed by atoms with Crippen molar-refractivity contribution < 1.29 is 4.74 Å². The van der Waals surface area contributed by atoms with Crippen molar-refractivity contribution in [3.63, 3.8) is 0 Å². The minimum atomic E-state index is 0.0636. The van der Waals surface area contributed by atoms with Crippen LogP contribution in [0.4, 0.5) is 0 Å². The smallest absolute Gasteiger partial charge is 0.0967 e. The first-order valence-electron chi connectivity index (χ1n) is 5.80. The Bertz CT molecular complexity index is 356. The number of benzene rings is 1. The summed E-state index contributed by atoms with van der Waals surface area (Å²) < 4.78 is 6.00. The molecule has 0 amide bonds. The van der Waals surface area contributed by atoms with E-state index in [1.807, 2.05) is 24.3 Å². The maximum atomic E-state index is 6.19. The summed E-state index contributed by atoms with van der Waals surface area (Å²) in [4.78, 5) is 0. The molecule has 1 saturated heterocycles. The first kappa shape index (κ1) is 11.9. The maximum absolute atomic E-state index is 6.19. The molecule has 0 bridgehead atoms. The molecule has 0 saturated carbocycles. The van der Waals surface area contributed by atoms with Crippen LogP contribution in [0, 0.1) is 0 Å². The fourth-order valence-electron chi connectivity index (χ4n) is 2.19. The van der Waals surface area contributed by atoms with Gasteiger partial charge in [-0.15, -0.1) is 0 Å². The molecular formula is C13H18ClNO. The second kappa shape index (κ2) is 5.17. The minimum absolute atomic E-state index is 0.0636. The fraction of sp³-hybridized carbons (Fsp3) is 0.538. The molecule has 2 rings (SSSR count). The molecule has 1 aromatic carbocycles. The molecule has 1 aliphatic rings. The van der Waals surface area contributed by atoms with Crippen molar-refractivity contribution in [2.45, 2.75) is 38.5 Å². The molecule has 0 spiro atoms. The zero-order valence-electron chi connectivity index (χ0n) is 9.74. The average molecular weight is 240 g/mol. The Labute approximate surface area is 102 Å². The number of halogens is 1. The van der Waals surface area contributed by atoms with Crippen LogP contribution in [0.25, 0.3) is 0 Å². The third-order valence-corrected chi connectivity index (χ3v) is 3.33. The molecule has 88 valence electrons. The average Bonchev–Trinajstić information content (AvgIpc) is 2.40. The van der Waals surface area contributed by atoms with Crippen LogP contribution in [0.3, 0.4) is 0 Å². The van der Waals surface area contributed by atoms with E-state index in [4.69, 9.17) is 16.3 Å².